The van der Waals surface area contributed by atoms with Gasteiger partial charge in [0.2, 0.25) is 11.8 Å². The predicted molar refractivity (Wildman–Crippen MR) is 170 cm³/mol. The molecule has 4 rings (SSSR count). The molecule has 4 aromatic rings. The molecule has 10 nitrogen and oxygen atoms in total. The van der Waals surface area contributed by atoms with Crippen molar-refractivity contribution in [3.63, 3.8) is 0 Å². The van der Waals surface area contributed by atoms with Gasteiger partial charge in [-0.05, 0) is 52.9 Å². The van der Waals surface area contributed by atoms with Crippen LogP contribution < -0.4 is 16.0 Å². The highest BCUT2D eigenvalue weighted by atomic mass is 19.4. The van der Waals surface area contributed by atoms with E-state index in [-0.39, 0.29) is 18.6 Å². The number of rotatable bonds is 14. The molecule has 1 aromatic heterocycles. The molecule has 250 valence electrons. The summed E-state index contributed by atoms with van der Waals surface area (Å²) in [6.07, 6.45) is -4.13. The lowest BCUT2D eigenvalue weighted by Crippen LogP contribution is -2.49. The van der Waals surface area contributed by atoms with E-state index >= 15 is 0 Å². The van der Waals surface area contributed by atoms with Crippen molar-refractivity contribution in [1.82, 2.24) is 15.6 Å². The third kappa shape index (κ3) is 11.0. The molecule has 0 aliphatic carbocycles. The van der Waals surface area contributed by atoms with Gasteiger partial charge in [0.1, 0.15) is 17.6 Å². The summed E-state index contributed by atoms with van der Waals surface area (Å²) in [7, 11) is 0. The second-order valence-electron chi connectivity index (χ2n) is 10.7. The highest BCUT2D eigenvalue weighted by Gasteiger charge is 2.42. The maximum absolute atomic E-state index is 13.7. The van der Waals surface area contributed by atoms with Crippen molar-refractivity contribution in [3.8, 4) is 16.9 Å². The number of aromatic hydroxyl groups is 1. The van der Waals surface area contributed by atoms with Crippen molar-refractivity contribution in [2.45, 2.75) is 43.9 Å². The number of nitrogens with one attached hydrogen (secondary N) is 3. The minimum atomic E-state index is -5.39. The van der Waals surface area contributed by atoms with Crippen LogP contribution in [0.3, 0.4) is 0 Å². The van der Waals surface area contributed by atoms with E-state index in [0.29, 0.717) is 29.9 Å². The number of aromatic nitrogens is 1. The number of amides is 2. The maximum Gasteiger partial charge on any atom is 0.491 e. The molecule has 3 aromatic carbocycles. The van der Waals surface area contributed by atoms with E-state index in [0.717, 1.165) is 11.1 Å². The third-order valence-corrected chi connectivity index (χ3v) is 7.12. The lowest BCUT2D eigenvalue weighted by molar-refractivity contribution is -0.202. The van der Waals surface area contributed by atoms with Gasteiger partial charge < -0.3 is 25.8 Å². The zero-order valence-electron chi connectivity index (χ0n) is 25.6. The maximum atomic E-state index is 13.7. The predicted octanol–water partition coefficient (Wildman–Crippen LogP) is 5.25. The molecule has 0 bridgehead atoms. The van der Waals surface area contributed by atoms with Crippen molar-refractivity contribution in [3.05, 3.63) is 114 Å². The molecule has 2 amide bonds. The van der Waals surface area contributed by atoms with Gasteiger partial charge in [-0.15, -0.1) is 0 Å². The molecular formula is C35H33F3N4O6. The highest BCUT2D eigenvalue weighted by molar-refractivity contribution is 5.90. The number of pyridine rings is 1. The number of phenols is 1. The lowest BCUT2D eigenvalue weighted by atomic mass is 9.98. The van der Waals surface area contributed by atoms with Gasteiger partial charge in [-0.1, -0.05) is 72.8 Å². The molecular weight excluding hydrogens is 629 g/mol. The summed E-state index contributed by atoms with van der Waals surface area (Å²) >= 11 is 0. The van der Waals surface area contributed by atoms with Crippen LogP contribution in [0.25, 0.3) is 11.1 Å². The number of phenolic OH excluding ortho intramolecular Hbond substituents is 1. The topological polar surface area (TPSA) is 147 Å². The number of halogens is 3. The van der Waals surface area contributed by atoms with Gasteiger partial charge in [-0.25, -0.2) is 9.78 Å². The van der Waals surface area contributed by atoms with Crippen LogP contribution in [0, 0.1) is 0 Å². The van der Waals surface area contributed by atoms with Crippen LogP contribution in [0.1, 0.15) is 36.4 Å². The number of hydrogen-bond donors (Lipinski definition) is 4. The molecule has 1 heterocycles. The monoisotopic (exact) mass is 662 g/mol. The van der Waals surface area contributed by atoms with Crippen molar-refractivity contribution < 1.29 is 42.2 Å². The Labute approximate surface area is 274 Å². The fraction of sp³-hybridized carbons (Fsp3) is 0.229. The summed E-state index contributed by atoms with van der Waals surface area (Å²) in [4.78, 5) is 54.6. The summed E-state index contributed by atoms with van der Waals surface area (Å²) in [5, 5.41) is 18.1. The first-order valence-corrected chi connectivity index (χ1v) is 15.0. The number of alkyl halides is 3. The minimum Gasteiger partial charge on any atom is -0.508 e. The Morgan fingerprint density at radius 2 is 1.48 bits per heavy atom. The van der Waals surface area contributed by atoms with Gasteiger partial charge in [-0.2, -0.15) is 13.2 Å². The van der Waals surface area contributed by atoms with Crippen LogP contribution in [0.5, 0.6) is 5.75 Å². The standard InChI is InChI=1S/C35H33F3N4O6/c36-35(37,38)34(47)48-32(45)22-28(26-15-13-25(14-16-26)24-7-2-1-3-8-24)42-33(46)29(21-23-11-17-27(43)18-12-23)41-31(44)10-6-20-40-30-9-4-5-19-39-30/h1-5,7-9,11-19,28-29,43H,6,10,20-22H2,(H,39,40)(H,41,44)(H,42,46)/t28?,29-/m0/s1. The molecule has 1 unspecified atom stereocenters. The summed E-state index contributed by atoms with van der Waals surface area (Å²) in [6.45, 7) is 0.430. The molecule has 0 spiro atoms. The summed E-state index contributed by atoms with van der Waals surface area (Å²) < 4.78 is 42.4. The van der Waals surface area contributed by atoms with Gasteiger partial charge in [0.25, 0.3) is 0 Å². The number of hydrogen-bond acceptors (Lipinski definition) is 8. The molecule has 2 atom stereocenters. The van der Waals surface area contributed by atoms with Crippen LogP contribution >= 0.6 is 0 Å². The van der Waals surface area contributed by atoms with Crippen molar-refractivity contribution in [2.75, 3.05) is 11.9 Å². The fourth-order valence-electron chi connectivity index (χ4n) is 4.71. The SMILES string of the molecule is O=C(CCCNc1ccccn1)N[C@@H](Cc1ccc(O)cc1)C(=O)NC(CC(=O)OC(=O)C(F)(F)F)c1ccc(-c2ccccc2)cc1. The zero-order chi connectivity index (χ0) is 34.5. The van der Waals surface area contributed by atoms with Gasteiger partial charge in [-0.3, -0.25) is 14.4 Å². The number of esters is 2. The van der Waals surface area contributed by atoms with Crippen LogP contribution in [0.15, 0.2) is 103 Å². The number of nitrogens with zero attached hydrogens (tertiary/aromatic N) is 1. The van der Waals surface area contributed by atoms with Crippen LogP contribution in [-0.4, -0.2) is 52.6 Å². The molecule has 0 saturated heterocycles. The lowest BCUT2D eigenvalue weighted by Gasteiger charge is -2.24. The van der Waals surface area contributed by atoms with Gasteiger partial charge in [0, 0.05) is 25.6 Å². The highest BCUT2D eigenvalue weighted by Crippen LogP contribution is 2.25. The van der Waals surface area contributed by atoms with E-state index in [2.05, 4.69) is 25.7 Å². The first-order valence-electron chi connectivity index (χ1n) is 15.0. The summed E-state index contributed by atoms with van der Waals surface area (Å²) in [6, 6.07) is 24.8. The van der Waals surface area contributed by atoms with E-state index < -0.39 is 48.4 Å². The van der Waals surface area contributed by atoms with Gasteiger partial charge >= 0.3 is 18.1 Å². The number of carbonyl (C=O) groups excluding carboxylic acids is 4. The average Bonchev–Trinajstić information content (AvgIpc) is 3.07. The van der Waals surface area contributed by atoms with Crippen LogP contribution in [0.2, 0.25) is 0 Å². The smallest absolute Gasteiger partial charge is 0.491 e. The Balaban J connectivity index is 1.51. The molecule has 0 aliphatic heterocycles. The largest absolute Gasteiger partial charge is 0.508 e. The molecule has 0 aliphatic rings. The fourth-order valence-corrected chi connectivity index (χ4v) is 4.71. The molecule has 0 radical (unpaired) electrons. The van der Waals surface area contributed by atoms with E-state index in [1.165, 1.54) is 12.1 Å². The molecule has 0 fully saturated rings. The van der Waals surface area contributed by atoms with Crippen LogP contribution in [0.4, 0.5) is 19.0 Å². The number of carbonyl (C=O) groups is 4. The molecule has 48 heavy (non-hydrogen) atoms. The van der Waals surface area contributed by atoms with Crippen molar-refractivity contribution >= 4 is 29.6 Å². The Hall–Kier alpha value is -5.72. The molecule has 0 saturated carbocycles. The van der Waals surface area contributed by atoms with E-state index in [4.69, 9.17) is 0 Å². The Morgan fingerprint density at radius 1 is 0.812 bits per heavy atom. The van der Waals surface area contributed by atoms with Crippen molar-refractivity contribution in [2.24, 2.45) is 0 Å². The quantitative estimate of drug-likeness (QED) is 0.0814. The number of ether oxygens (including phenoxy) is 1. The van der Waals surface area contributed by atoms with Gasteiger partial charge in [0.05, 0.1) is 12.5 Å². The summed E-state index contributed by atoms with van der Waals surface area (Å²) in [5.41, 5.74) is 2.61. The first kappa shape index (κ1) is 35.1. The second-order valence-corrected chi connectivity index (χ2v) is 10.7. The molecule has 13 heteroatoms. The average molecular weight is 663 g/mol. The van der Waals surface area contributed by atoms with Crippen LogP contribution in [-0.2, 0) is 30.3 Å². The van der Waals surface area contributed by atoms with E-state index in [9.17, 15) is 37.5 Å². The van der Waals surface area contributed by atoms with Gasteiger partial charge in [0.15, 0.2) is 0 Å². The summed E-state index contributed by atoms with van der Waals surface area (Å²) in [5.74, 6) is -4.73. The van der Waals surface area contributed by atoms with E-state index in [1.54, 1.807) is 54.7 Å². The third-order valence-electron chi connectivity index (χ3n) is 7.12. The normalized spacial score (nSPS) is 12.3. The Bertz CT molecular complexity index is 1670. The number of anilines is 1. The number of benzene rings is 3. The second kappa shape index (κ2) is 16.7. The zero-order valence-corrected chi connectivity index (χ0v) is 25.6. The molecule has 4 N–H and O–H groups in total. The minimum absolute atomic E-state index is 0.00452. The van der Waals surface area contributed by atoms with Crippen molar-refractivity contribution in [1.29, 1.82) is 0 Å². The Kier molecular flexibility index (Phi) is 12.2. The first-order chi connectivity index (χ1) is 23.0. The van der Waals surface area contributed by atoms with E-state index in [1.807, 2.05) is 36.4 Å². The Morgan fingerprint density at radius 3 is 2.12 bits per heavy atom.